The van der Waals surface area contributed by atoms with Crippen LogP contribution in [-0.2, 0) is 9.59 Å². The molecule has 3 aliphatic rings. The fraction of sp³-hybridized carbons (Fsp3) is 0.652. The van der Waals surface area contributed by atoms with Crippen molar-refractivity contribution in [1.82, 2.24) is 20.1 Å². The lowest BCUT2D eigenvalue weighted by atomic mass is 9.67. The summed E-state index contributed by atoms with van der Waals surface area (Å²) in [5.74, 6) is 0.0922. The molecule has 1 saturated carbocycles. The molecule has 1 aromatic heterocycles. The Morgan fingerprint density at radius 2 is 1.81 bits per heavy atom. The molecule has 9 heteroatoms. The van der Waals surface area contributed by atoms with Crippen LogP contribution in [0.4, 0.5) is 0 Å². The first-order valence-corrected chi connectivity index (χ1v) is 11.4. The van der Waals surface area contributed by atoms with Crippen LogP contribution < -0.4 is 5.32 Å². The Bertz CT molecular complexity index is 784. The molecule has 0 bridgehead atoms. The minimum absolute atomic E-state index is 0.00892. The fourth-order valence-corrected chi connectivity index (χ4v) is 5.36. The van der Waals surface area contributed by atoms with E-state index in [1.165, 1.54) is 0 Å². The van der Waals surface area contributed by atoms with Crippen LogP contribution in [0.15, 0.2) is 24.5 Å². The van der Waals surface area contributed by atoms with E-state index in [9.17, 15) is 14.7 Å². The summed E-state index contributed by atoms with van der Waals surface area (Å²) in [5.41, 5.74) is 0.106. The van der Waals surface area contributed by atoms with Crippen LogP contribution >= 0.6 is 0 Å². The first-order valence-electron chi connectivity index (χ1n) is 11.4. The first kappa shape index (κ1) is 24.1. The van der Waals surface area contributed by atoms with Gasteiger partial charge in [0.05, 0.1) is 17.6 Å². The third kappa shape index (κ3) is 5.27. The van der Waals surface area contributed by atoms with Crippen molar-refractivity contribution in [2.45, 2.75) is 63.1 Å². The highest BCUT2D eigenvalue weighted by Crippen LogP contribution is 2.43. The third-order valence-electron chi connectivity index (χ3n) is 7.13. The quantitative estimate of drug-likeness (QED) is 0.595. The second-order valence-electron chi connectivity index (χ2n) is 9.11. The van der Waals surface area contributed by atoms with E-state index in [1.54, 1.807) is 24.5 Å². The topological polar surface area (TPSA) is 123 Å². The number of aliphatic hydroxyl groups is 1. The summed E-state index contributed by atoms with van der Waals surface area (Å²) in [7, 11) is 2.06. The van der Waals surface area contributed by atoms with Crippen molar-refractivity contribution in [3.8, 4) is 0 Å². The number of amides is 2. The van der Waals surface area contributed by atoms with Crippen LogP contribution in [-0.4, -0.2) is 88.2 Å². The molecule has 2 aliphatic heterocycles. The number of likely N-dealkylation sites (N-methyl/N-ethyl adjacent to an activating group) is 1. The highest BCUT2D eigenvalue weighted by atomic mass is 16.3. The monoisotopic (exact) mass is 446 g/mol. The zero-order valence-corrected chi connectivity index (χ0v) is 18.7. The molecule has 2 amide bonds. The molecular weight excluding hydrogens is 412 g/mol. The van der Waals surface area contributed by atoms with Gasteiger partial charge in [-0.25, -0.2) is 0 Å². The Labute approximate surface area is 188 Å². The number of carbonyl (C=O) groups excluding carboxylic acids is 2. The van der Waals surface area contributed by atoms with E-state index < -0.39 is 5.41 Å². The summed E-state index contributed by atoms with van der Waals surface area (Å²) in [6.07, 6.45) is 8.63. The molecule has 1 aliphatic carbocycles. The Hall–Kier alpha value is -2.52. The summed E-state index contributed by atoms with van der Waals surface area (Å²) < 4.78 is 0. The molecule has 1 aromatic rings. The molecule has 0 radical (unpaired) electrons. The lowest BCUT2D eigenvalue weighted by molar-refractivity contribution is -0.143. The first-order chi connectivity index (χ1) is 15.4. The number of nitrogens with zero attached hydrogens (tertiary/aromatic N) is 3. The number of pyridine rings is 1. The molecule has 0 spiro atoms. The second-order valence-corrected chi connectivity index (χ2v) is 9.11. The van der Waals surface area contributed by atoms with Gasteiger partial charge in [-0.2, -0.15) is 0 Å². The number of likely N-dealkylation sites (tertiary alicyclic amines) is 2. The van der Waals surface area contributed by atoms with E-state index in [-0.39, 0.29) is 36.5 Å². The minimum Gasteiger partial charge on any atom is -0.483 e. The minimum atomic E-state index is -0.524. The van der Waals surface area contributed by atoms with Crippen LogP contribution in [0.3, 0.4) is 0 Å². The average Bonchev–Trinajstić information content (AvgIpc) is 2.81. The molecule has 0 unspecified atom stereocenters. The van der Waals surface area contributed by atoms with Crippen LogP contribution in [0, 0.1) is 5.41 Å². The molecule has 4 rings (SSSR count). The fourth-order valence-electron chi connectivity index (χ4n) is 5.36. The number of rotatable bonds is 3. The van der Waals surface area contributed by atoms with Gasteiger partial charge >= 0.3 is 0 Å². The van der Waals surface area contributed by atoms with Crippen LogP contribution in [0.1, 0.15) is 55.3 Å². The average molecular weight is 447 g/mol. The molecule has 32 heavy (non-hydrogen) atoms. The molecule has 3 heterocycles. The van der Waals surface area contributed by atoms with Crippen LogP contribution in [0.2, 0.25) is 0 Å². The van der Waals surface area contributed by atoms with Crippen LogP contribution in [0.5, 0.6) is 0 Å². The van der Waals surface area contributed by atoms with Crippen molar-refractivity contribution < 1.29 is 24.6 Å². The number of carboxylic acid groups (broad SMARTS) is 1. The molecule has 3 fully saturated rings. The van der Waals surface area contributed by atoms with Crippen molar-refractivity contribution in [2.75, 3.05) is 26.7 Å². The van der Waals surface area contributed by atoms with Crippen LogP contribution in [0.25, 0.3) is 0 Å². The molecule has 2 atom stereocenters. The number of aromatic nitrogens is 1. The van der Waals surface area contributed by atoms with Crippen molar-refractivity contribution in [2.24, 2.45) is 5.41 Å². The Morgan fingerprint density at radius 1 is 1.16 bits per heavy atom. The van der Waals surface area contributed by atoms with Crippen molar-refractivity contribution >= 4 is 18.3 Å². The summed E-state index contributed by atoms with van der Waals surface area (Å²) in [6, 6.07) is 3.51. The number of carbonyl (C=O) groups is 3. The van der Waals surface area contributed by atoms with E-state index in [2.05, 4.69) is 22.2 Å². The highest BCUT2D eigenvalue weighted by molar-refractivity contribution is 5.95. The molecular formula is C23H34N4O5. The summed E-state index contributed by atoms with van der Waals surface area (Å²) in [6.45, 7) is 2.02. The molecule has 2 saturated heterocycles. The van der Waals surface area contributed by atoms with E-state index >= 15 is 0 Å². The molecule has 3 N–H and O–H groups in total. The second kappa shape index (κ2) is 10.9. The molecule has 0 aromatic carbocycles. The number of fused-ring (bicyclic) bond motifs is 1. The van der Waals surface area contributed by atoms with E-state index in [4.69, 9.17) is 9.90 Å². The number of piperidine rings is 2. The van der Waals surface area contributed by atoms with E-state index in [0.717, 1.165) is 51.5 Å². The van der Waals surface area contributed by atoms with Crippen molar-refractivity contribution in [1.29, 1.82) is 0 Å². The number of hydrogen-bond donors (Lipinski definition) is 3. The third-order valence-corrected chi connectivity index (χ3v) is 7.13. The lowest BCUT2D eigenvalue weighted by Gasteiger charge is -2.53. The van der Waals surface area contributed by atoms with Gasteiger partial charge in [0.15, 0.2) is 0 Å². The SMILES string of the molecule is CN1CC[C@]2(C(=O)NC3CCC(O)CC3)CCCN(C(=O)c3ccncc3)[C@H]2C1.O=CO. The van der Waals surface area contributed by atoms with Gasteiger partial charge in [0.2, 0.25) is 5.91 Å². The number of aliphatic hydroxyl groups excluding tert-OH is 1. The zero-order chi connectivity index (χ0) is 23.1. The Balaban J connectivity index is 0.000000913. The Morgan fingerprint density at radius 3 is 2.47 bits per heavy atom. The normalized spacial score (nSPS) is 30.3. The standard InChI is InChI=1S/C22H32N4O3.CH2O2/c1-25-14-10-22(21(29)24-17-3-5-18(27)6-4-17)9-2-13-26(19(22)15-25)20(28)16-7-11-23-12-8-16;2-1-3/h7-8,11-12,17-19,27H,2-6,9-10,13-15H2,1H3,(H,24,29);1H,(H,2,3)/t17?,18?,19-,22+;/m0./s1. The predicted molar refractivity (Wildman–Crippen MR) is 118 cm³/mol. The van der Waals surface area contributed by atoms with E-state index in [1.807, 2.05) is 4.90 Å². The van der Waals surface area contributed by atoms with E-state index in [0.29, 0.717) is 18.7 Å². The van der Waals surface area contributed by atoms with Gasteiger partial charge in [-0.1, -0.05) is 0 Å². The van der Waals surface area contributed by atoms with Gasteiger partial charge in [-0.15, -0.1) is 0 Å². The van der Waals surface area contributed by atoms with Gasteiger partial charge in [-0.05, 0) is 70.7 Å². The summed E-state index contributed by atoms with van der Waals surface area (Å²) in [5, 5.41) is 19.9. The maximum atomic E-state index is 13.6. The summed E-state index contributed by atoms with van der Waals surface area (Å²) in [4.78, 5) is 43.4. The van der Waals surface area contributed by atoms with Crippen molar-refractivity contribution in [3.63, 3.8) is 0 Å². The van der Waals surface area contributed by atoms with Gasteiger partial charge in [0, 0.05) is 37.1 Å². The van der Waals surface area contributed by atoms with Gasteiger partial charge in [0.25, 0.3) is 12.4 Å². The number of hydrogen-bond acceptors (Lipinski definition) is 6. The smallest absolute Gasteiger partial charge is 0.290 e. The van der Waals surface area contributed by atoms with Gasteiger partial charge in [0.1, 0.15) is 0 Å². The Kier molecular flexibility index (Phi) is 8.20. The van der Waals surface area contributed by atoms with Crippen molar-refractivity contribution in [3.05, 3.63) is 30.1 Å². The summed E-state index contributed by atoms with van der Waals surface area (Å²) >= 11 is 0. The maximum Gasteiger partial charge on any atom is 0.290 e. The lowest BCUT2D eigenvalue weighted by Crippen LogP contribution is -2.67. The van der Waals surface area contributed by atoms with Gasteiger partial charge < -0.3 is 25.3 Å². The maximum absolute atomic E-state index is 13.6. The van der Waals surface area contributed by atoms with Gasteiger partial charge in [-0.3, -0.25) is 19.4 Å². The molecule has 9 nitrogen and oxygen atoms in total. The highest BCUT2D eigenvalue weighted by Gasteiger charge is 2.53. The largest absolute Gasteiger partial charge is 0.483 e. The number of nitrogens with one attached hydrogen (secondary N) is 1. The molecule has 176 valence electrons. The predicted octanol–water partition coefficient (Wildman–Crippen LogP) is 1.13. The zero-order valence-electron chi connectivity index (χ0n) is 18.7.